The van der Waals surface area contributed by atoms with Gasteiger partial charge in [-0.05, 0) is 18.2 Å². The van der Waals surface area contributed by atoms with E-state index >= 15 is 0 Å². The van der Waals surface area contributed by atoms with Crippen molar-refractivity contribution in [3.8, 4) is 11.5 Å². The molecule has 2 aromatic rings. The van der Waals surface area contributed by atoms with Gasteiger partial charge in [-0.2, -0.15) is 0 Å². The van der Waals surface area contributed by atoms with Gasteiger partial charge in [-0.25, -0.2) is 9.59 Å². The lowest BCUT2D eigenvalue weighted by molar-refractivity contribution is -0.159. The van der Waals surface area contributed by atoms with Crippen LogP contribution >= 0.6 is 0 Å². The van der Waals surface area contributed by atoms with Crippen LogP contribution in [0.15, 0.2) is 42.7 Å². The number of ether oxygens (including phenoxy) is 2. The first kappa shape index (κ1) is 23.4. The third kappa shape index (κ3) is 8.26. The van der Waals surface area contributed by atoms with Gasteiger partial charge < -0.3 is 30.3 Å². The van der Waals surface area contributed by atoms with Crippen LogP contribution in [0.3, 0.4) is 0 Å². The van der Waals surface area contributed by atoms with Crippen LogP contribution in [0.4, 0.5) is 0 Å². The average Bonchev–Trinajstić information content (AvgIpc) is 2.74. The zero-order valence-corrected chi connectivity index (χ0v) is 16.0. The second-order valence-corrected chi connectivity index (χ2v) is 5.43. The Hall–Kier alpha value is -3.66. The number of aromatic nitrogens is 1. The third-order valence-electron chi connectivity index (χ3n) is 3.51. The van der Waals surface area contributed by atoms with Crippen molar-refractivity contribution in [2.45, 2.75) is 6.54 Å². The molecule has 1 amide bonds. The number of aliphatic carboxylic acids is 2. The summed E-state index contributed by atoms with van der Waals surface area (Å²) < 4.78 is 10.6. The molecule has 0 bridgehead atoms. The number of carboxylic acid groups (broad SMARTS) is 2. The normalized spacial score (nSPS) is 9.59. The molecule has 29 heavy (non-hydrogen) atoms. The highest BCUT2D eigenvalue weighted by Gasteiger charge is 2.09. The number of hydrogen-bond donors (Lipinski definition) is 4. The van der Waals surface area contributed by atoms with Gasteiger partial charge in [0.1, 0.15) is 0 Å². The van der Waals surface area contributed by atoms with Gasteiger partial charge >= 0.3 is 11.9 Å². The molecular formula is C19H23N3O7. The van der Waals surface area contributed by atoms with E-state index in [9.17, 15) is 4.79 Å². The van der Waals surface area contributed by atoms with Crippen LogP contribution in [0.1, 0.15) is 15.9 Å². The summed E-state index contributed by atoms with van der Waals surface area (Å²) in [5.41, 5.74) is 1.61. The highest BCUT2D eigenvalue weighted by molar-refractivity contribution is 6.27. The Bertz CT molecular complexity index is 801. The molecule has 0 radical (unpaired) electrons. The number of amides is 1. The minimum Gasteiger partial charge on any atom is -0.493 e. The quantitative estimate of drug-likeness (QED) is 0.369. The van der Waals surface area contributed by atoms with Crippen LogP contribution < -0.4 is 20.1 Å². The van der Waals surface area contributed by atoms with E-state index in [0.717, 1.165) is 11.3 Å². The van der Waals surface area contributed by atoms with Crippen LogP contribution in [0, 0.1) is 0 Å². The summed E-state index contributed by atoms with van der Waals surface area (Å²) in [6, 6.07) is 9.12. The Morgan fingerprint density at radius 3 is 2.17 bits per heavy atom. The van der Waals surface area contributed by atoms with E-state index < -0.39 is 11.9 Å². The molecular weight excluding hydrogens is 382 g/mol. The molecule has 4 N–H and O–H groups in total. The zero-order chi connectivity index (χ0) is 21.6. The minimum absolute atomic E-state index is 0.104. The Morgan fingerprint density at radius 1 is 0.966 bits per heavy atom. The molecule has 0 saturated carbocycles. The molecule has 1 aromatic heterocycles. The molecule has 10 nitrogen and oxygen atoms in total. The van der Waals surface area contributed by atoms with Crippen molar-refractivity contribution in [2.24, 2.45) is 0 Å². The maximum atomic E-state index is 11.9. The fourth-order valence-corrected chi connectivity index (χ4v) is 2.19. The number of carbonyl (C=O) groups is 3. The number of nitrogens with zero attached hydrogens (tertiary/aromatic N) is 1. The highest BCUT2D eigenvalue weighted by Crippen LogP contribution is 2.30. The molecule has 2 rings (SSSR count). The molecule has 0 fully saturated rings. The minimum atomic E-state index is -1.82. The summed E-state index contributed by atoms with van der Waals surface area (Å²) in [4.78, 5) is 33.9. The molecule has 0 aliphatic heterocycles. The molecule has 0 aliphatic carbocycles. The Labute approximate surface area is 167 Å². The van der Waals surface area contributed by atoms with E-state index in [-0.39, 0.29) is 5.91 Å². The van der Waals surface area contributed by atoms with Crippen LogP contribution in [0.25, 0.3) is 0 Å². The lowest BCUT2D eigenvalue weighted by Crippen LogP contribution is -2.31. The number of carboxylic acids is 2. The summed E-state index contributed by atoms with van der Waals surface area (Å²) in [6.45, 7) is 1.82. The lowest BCUT2D eigenvalue weighted by atomic mass is 10.2. The number of hydrogen-bond acceptors (Lipinski definition) is 7. The molecule has 0 aliphatic rings. The van der Waals surface area contributed by atoms with Crippen molar-refractivity contribution in [3.63, 3.8) is 0 Å². The van der Waals surface area contributed by atoms with Gasteiger partial charge in [-0.15, -0.1) is 0 Å². The van der Waals surface area contributed by atoms with Crippen molar-refractivity contribution < 1.29 is 34.1 Å². The van der Waals surface area contributed by atoms with Gasteiger partial charge in [0.05, 0.1) is 14.2 Å². The summed E-state index contributed by atoms with van der Waals surface area (Å²) in [6.07, 6.45) is 3.20. The van der Waals surface area contributed by atoms with E-state index in [1.165, 1.54) is 0 Å². The topological polar surface area (TPSA) is 147 Å². The maximum Gasteiger partial charge on any atom is 0.414 e. The molecule has 0 atom stereocenters. The number of para-hydroxylation sites is 1. The monoisotopic (exact) mass is 405 g/mol. The summed E-state index contributed by atoms with van der Waals surface area (Å²) >= 11 is 0. The van der Waals surface area contributed by atoms with Gasteiger partial charge in [-0.1, -0.05) is 12.1 Å². The first-order chi connectivity index (χ1) is 13.9. The van der Waals surface area contributed by atoms with E-state index in [1.54, 1.807) is 38.7 Å². The lowest BCUT2D eigenvalue weighted by Gasteiger charge is -2.13. The van der Waals surface area contributed by atoms with Crippen molar-refractivity contribution in [3.05, 3.63) is 53.9 Å². The first-order valence-electron chi connectivity index (χ1n) is 8.45. The fraction of sp³-hybridized carbons (Fsp3) is 0.263. The number of benzene rings is 1. The first-order valence-corrected chi connectivity index (χ1v) is 8.45. The second kappa shape index (κ2) is 12.7. The molecule has 0 saturated heterocycles. The van der Waals surface area contributed by atoms with E-state index in [4.69, 9.17) is 29.3 Å². The number of rotatable bonds is 8. The van der Waals surface area contributed by atoms with Crippen molar-refractivity contribution in [1.82, 2.24) is 15.6 Å². The number of methoxy groups -OCH3 is 2. The van der Waals surface area contributed by atoms with E-state index in [2.05, 4.69) is 15.6 Å². The van der Waals surface area contributed by atoms with Gasteiger partial charge in [-0.3, -0.25) is 9.78 Å². The Kier molecular flexibility index (Phi) is 10.2. The molecule has 1 aromatic carbocycles. The van der Waals surface area contributed by atoms with Gasteiger partial charge in [0, 0.05) is 43.2 Å². The number of carbonyl (C=O) groups excluding carboxylic acids is 1. The summed E-state index contributed by atoms with van der Waals surface area (Å²) in [5.74, 6) is -2.32. The van der Waals surface area contributed by atoms with Gasteiger partial charge in [0.2, 0.25) is 0 Å². The SMILES string of the molecule is COc1cccc(CNCCNC(=O)c2ccncc2)c1OC.O=C(O)C(=O)O. The molecule has 156 valence electrons. The van der Waals surface area contributed by atoms with E-state index in [1.807, 2.05) is 18.2 Å². The van der Waals surface area contributed by atoms with E-state index in [0.29, 0.717) is 30.9 Å². The fourth-order valence-electron chi connectivity index (χ4n) is 2.19. The number of pyridine rings is 1. The predicted molar refractivity (Wildman–Crippen MR) is 103 cm³/mol. The van der Waals surface area contributed by atoms with Crippen molar-refractivity contribution in [2.75, 3.05) is 27.3 Å². The van der Waals surface area contributed by atoms with Crippen LogP contribution in [-0.4, -0.2) is 60.4 Å². The predicted octanol–water partition coefficient (Wildman–Crippen LogP) is 0.774. The molecule has 1 heterocycles. The van der Waals surface area contributed by atoms with Crippen molar-refractivity contribution in [1.29, 1.82) is 0 Å². The van der Waals surface area contributed by atoms with Gasteiger partial charge in [0.25, 0.3) is 5.91 Å². The Morgan fingerprint density at radius 2 is 1.62 bits per heavy atom. The highest BCUT2D eigenvalue weighted by atomic mass is 16.5. The van der Waals surface area contributed by atoms with Gasteiger partial charge in [0.15, 0.2) is 11.5 Å². The zero-order valence-electron chi connectivity index (χ0n) is 16.0. The number of nitrogens with one attached hydrogen (secondary N) is 2. The standard InChI is InChI=1S/C17H21N3O3.C2H2O4/c1-22-15-5-3-4-14(16(15)23-2)12-19-10-11-20-17(21)13-6-8-18-9-7-13;3-1(4)2(5)6/h3-9,19H,10-12H2,1-2H3,(H,20,21);(H,3,4)(H,5,6). The smallest absolute Gasteiger partial charge is 0.414 e. The summed E-state index contributed by atoms with van der Waals surface area (Å²) in [7, 11) is 3.24. The molecule has 10 heteroatoms. The maximum absolute atomic E-state index is 11.9. The Balaban J connectivity index is 0.000000612. The van der Waals surface area contributed by atoms with Crippen molar-refractivity contribution >= 4 is 17.8 Å². The molecule has 0 unspecified atom stereocenters. The molecule has 0 spiro atoms. The van der Waals surface area contributed by atoms with Crippen LogP contribution in [0.5, 0.6) is 11.5 Å². The summed E-state index contributed by atoms with van der Waals surface area (Å²) in [5, 5.41) is 20.9. The van der Waals surface area contributed by atoms with Crippen LogP contribution in [-0.2, 0) is 16.1 Å². The average molecular weight is 405 g/mol. The largest absolute Gasteiger partial charge is 0.493 e. The van der Waals surface area contributed by atoms with Crippen LogP contribution in [0.2, 0.25) is 0 Å². The second-order valence-electron chi connectivity index (χ2n) is 5.43. The third-order valence-corrected chi connectivity index (χ3v) is 3.51.